The van der Waals surface area contributed by atoms with Gasteiger partial charge in [-0.1, -0.05) is 11.6 Å². The van der Waals surface area contributed by atoms with E-state index in [0.717, 1.165) is 36.0 Å². The van der Waals surface area contributed by atoms with Crippen molar-refractivity contribution in [3.05, 3.63) is 59.0 Å². The van der Waals surface area contributed by atoms with Gasteiger partial charge in [0.1, 0.15) is 11.6 Å². The van der Waals surface area contributed by atoms with Crippen molar-refractivity contribution in [3.8, 4) is 11.4 Å². The molecule has 0 unspecified atom stereocenters. The maximum absolute atomic E-state index is 12.6. The van der Waals surface area contributed by atoms with Crippen LogP contribution in [-0.2, 0) is 7.05 Å². The first kappa shape index (κ1) is 20.8. The molecule has 1 amide bonds. The highest BCUT2D eigenvalue weighted by molar-refractivity contribution is 6.33. The number of anilines is 2. The summed E-state index contributed by atoms with van der Waals surface area (Å²) in [6, 6.07) is 8.97. The topological polar surface area (TPSA) is 75.1 Å². The van der Waals surface area contributed by atoms with E-state index in [1.807, 2.05) is 49.7 Å². The fraction of sp³-hybridized carbons (Fsp3) is 0.286. The van der Waals surface area contributed by atoms with E-state index in [0.29, 0.717) is 16.3 Å². The summed E-state index contributed by atoms with van der Waals surface area (Å²) in [5, 5.41) is 6.58. The average Bonchev–Trinajstić information content (AvgIpc) is 3.06. The quantitative estimate of drug-likeness (QED) is 0.622. The molecule has 8 heteroatoms. The third-order valence-electron chi connectivity index (χ3n) is 4.78. The Bertz CT molecular complexity index is 999. The normalized spacial score (nSPS) is 10.8. The summed E-state index contributed by atoms with van der Waals surface area (Å²) >= 11 is 6.36. The summed E-state index contributed by atoms with van der Waals surface area (Å²) in [5.41, 5.74) is 2.92. The van der Waals surface area contributed by atoms with Crippen molar-refractivity contribution < 1.29 is 4.79 Å². The average molecular weight is 413 g/mol. The number of aromatic nitrogens is 3. The summed E-state index contributed by atoms with van der Waals surface area (Å²) in [6.45, 7) is 3.66. The van der Waals surface area contributed by atoms with Crippen LogP contribution in [0.1, 0.15) is 16.1 Å². The Morgan fingerprint density at radius 2 is 2.00 bits per heavy atom. The molecule has 2 N–H and O–H groups in total. The number of carbonyl (C=O) groups is 1. The first-order chi connectivity index (χ1) is 13.9. The number of hydrogen-bond acceptors (Lipinski definition) is 5. The van der Waals surface area contributed by atoms with Gasteiger partial charge in [-0.2, -0.15) is 0 Å². The van der Waals surface area contributed by atoms with Crippen molar-refractivity contribution >= 4 is 29.0 Å². The van der Waals surface area contributed by atoms with Crippen LogP contribution in [0.4, 0.5) is 11.5 Å². The third kappa shape index (κ3) is 4.75. The van der Waals surface area contributed by atoms with Crippen LogP contribution in [0.25, 0.3) is 11.4 Å². The zero-order valence-corrected chi connectivity index (χ0v) is 17.8. The lowest BCUT2D eigenvalue weighted by Gasteiger charge is -2.17. The van der Waals surface area contributed by atoms with Crippen molar-refractivity contribution in [3.63, 3.8) is 0 Å². The number of hydrogen-bond donors (Lipinski definition) is 2. The summed E-state index contributed by atoms with van der Waals surface area (Å²) in [5.74, 6) is 1.33. The van der Waals surface area contributed by atoms with E-state index in [1.54, 1.807) is 30.6 Å². The van der Waals surface area contributed by atoms with Crippen LogP contribution < -0.4 is 15.5 Å². The summed E-state index contributed by atoms with van der Waals surface area (Å²) < 4.78 is 1.96. The van der Waals surface area contributed by atoms with Crippen molar-refractivity contribution in [2.24, 2.45) is 7.05 Å². The van der Waals surface area contributed by atoms with Crippen LogP contribution in [0.15, 0.2) is 42.7 Å². The van der Waals surface area contributed by atoms with Gasteiger partial charge in [-0.3, -0.25) is 4.79 Å². The molecule has 0 aliphatic heterocycles. The van der Waals surface area contributed by atoms with Crippen molar-refractivity contribution in [1.29, 1.82) is 0 Å². The van der Waals surface area contributed by atoms with Gasteiger partial charge >= 0.3 is 0 Å². The minimum Gasteiger partial charge on any atom is -0.358 e. The minimum atomic E-state index is -0.230. The molecule has 0 aliphatic rings. The molecule has 3 rings (SSSR count). The van der Waals surface area contributed by atoms with Gasteiger partial charge < -0.3 is 20.1 Å². The van der Waals surface area contributed by atoms with Crippen molar-refractivity contribution in [2.45, 2.75) is 6.92 Å². The van der Waals surface area contributed by atoms with Gasteiger partial charge in [0.2, 0.25) is 0 Å². The molecule has 0 saturated carbocycles. The van der Waals surface area contributed by atoms with Crippen molar-refractivity contribution in [1.82, 2.24) is 19.9 Å². The first-order valence-corrected chi connectivity index (χ1v) is 9.70. The molecule has 0 aliphatic carbocycles. The molecule has 1 aromatic carbocycles. The maximum Gasteiger partial charge on any atom is 0.257 e. The van der Waals surface area contributed by atoms with E-state index in [1.165, 1.54) is 0 Å². The second kappa shape index (κ2) is 9.07. The minimum absolute atomic E-state index is 0.230. The molecule has 7 nitrogen and oxygen atoms in total. The Morgan fingerprint density at radius 3 is 2.62 bits per heavy atom. The first-order valence-electron chi connectivity index (χ1n) is 9.32. The lowest BCUT2D eigenvalue weighted by Crippen LogP contribution is -2.27. The molecule has 0 bridgehead atoms. The van der Waals surface area contributed by atoms with Gasteiger partial charge in [0.15, 0.2) is 0 Å². The summed E-state index contributed by atoms with van der Waals surface area (Å²) in [7, 11) is 5.81. The zero-order valence-electron chi connectivity index (χ0n) is 17.0. The lowest BCUT2D eigenvalue weighted by atomic mass is 10.1. The second-order valence-electron chi connectivity index (χ2n) is 6.86. The monoisotopic (exact) mass is 412 g/mol. The standard InChI is InChI=1S/C21H25ClN6O/c1-14-12-25-20(28(14)4)17-11-16(6-7-18(17)22)26-21(29)15-5-8-19(24-13-15)27(3)10-9-23-2/h5-8,11-13,23H,9-10H2,1-4H3,(H,26,29). The molecule has 2 heterocycles. The molecule has 0 radical (unpaired) electrons. The SMILES string of the molecule is CNCCN(C)c1ccc(C(=O)Nc2ccc(Cl)c(-c3ncc(C)n3C)c2)cn1. The highest BCUT2D eigenvalue weighted by Crippen LogP contribution is 2.30. The number of carbonyl (C=O) groups excluding carboxylic acids is 1. The Morgan fingerprint density at radius 1 is 1.21 bits per heavy atom. The number of pyridine rings is 1. The molecule has 2 aromatic heterocycles. The molecule has 0 fully saturated rings. The fourth-order valence-corrected chi connectivity index (χ4v) is 3.06. The number of amides is 1. The third-order valence-corrected chi connectivity index (χ3v) is 5.11. The highest BCUT2D eigenvalue weighted by atomic mass is 35.5. The van der Waals surface area contributed by atoms with E-state index in [2.05, 4.69) is 20.6 Å². The van der Waals surface area contributed by atoms with Crippen LogP contribution in [0, 0.1) is 6.92 Å². The molecule has 0 saturated heterocycles. The molecule has 152 valence electrons. The van der Waals surface area contributed by atoms with Crippen molar-refractivity contribution in [2.75, 3.05) is 37.4 Å². The number of likely N-dealkylation sites (N-methyl/N-ethyl adjacent to an activating group) is 2. The van der Waals surface area contributed by atoms with Crippen LogP contribution >= 0.6 is 11.6 Å². The van der Waals surface area contributed by atoms with Gasteiger partial charge in [0.25, 0.3) is 5.91 Å². The zero-order chi connectivity index (χ0) is 21.0. The van der Waals surface area contributed by atoms with Gasteiger partial charge in [0.05, 0.1) is 10.6 Å². The number of imidazole rings is 1. The molecule has 0 spiro atoms. The predicted octanol–water partition coefficient (Wildman–Crippen LogP) is 3.35. The number of rotatable bonds is 7. The number of nitrogens with zero attached hydrogens (tertiary/aromatic N) is 4. The van der Waals surface area contributed by atoms with Gasteiger partial charge in [0, 0.05) is 56.5 Å². The lowest BCUT2D eigenvalue weighted by molar-refractivity contribution is 0.102. The highest BCUT2D eigenvalue weighted by Gasteiger charge is 2.13. The Kier molecular flexibility index (Phi) is 6.51. The van der Waals surface area contributed by atoms with Gasteiger partial charge in [-0.15, -0.1) is 0 Å². The number of aryl methyl sites for hydroxylation is 1. The van der Waals surface area contributed by atoms with E-state index in [-0.39, 0.29) is 5.91 Å². The molecular weight excluding hydrogens is 388 g/mol. The fourth-order valence-electron chi connectivity index (χ4n) is 2.86. The Labute approximate surface area is 175 Å². The van der Waals surface area contributed by atoms with E-state index < -0.39 is 0 Å². The largest absolute Gasteiger partial charge is 0.358 e. The van der Waals surface area contributed by atoms with Crippen LogP contribution in [-0.4, -0.2) is 47.6 Å². The number of nitrogens with one attached hydrogen (secondary N) is 2. The summed E-state index contributed by atoms with van der Waals surface area (Å²) in [4.78, 5) is 23.5. The molecule has 3 aromatic rings. The molecule has 0 atom stereocenters. The van der Waals surface area contributed by atoms with Crippen LogP contribution in [0.3, 0.4) is 0 Å². The summed E-state index contributed by atoms with van der Waals surface area (Å²) in [6.07, 6.45) is 3.37. The van der Waals surface area contributed by atoms with E-state index >= 15 is 0 Å². The van der Waals surface area contributed by atoms with Crippen LogP contribution in [0.5, 0.6) is 0 Å². The second-order valence-corrected chi connectivity index (χ2v) is 7.27. The predicted molar refractivity (Wildman–Crippen MR) is 118 cm³/mol. The molecule has 29 heavy (non-hydrogen) atoms. The van der Waals surface area contributed by atoms with E-state index in [9.17, 15) is 4.79 Å². The maximum atomic E-state index is 12.6. The van der Waals surface area contributed by atoms with E-state index in [4.69, 9.17) is 11.6 Å². The van der Waals surface area contributed by atoms with Crippen LogP contribution in [0.2, 0.25) is 5.02 Å². The number of benzene rings is 1. The Hall–Kier alpha value is -2.90. The van der Waals surface area contributed by atoms with Gasteiger partial charge in [-0.05, 0) is 44.3 Å². The van der Waals surface area contributed by atoms with Gasteiger partial charge in [-0.25, -0.2) is 9.97 Å². The molecular formula is C21H25ClN6O. The Balaban J connectivity index is 1.75. The number of halogens is 1. The smallest absolute Gasteiger partial charge is 0.257 e.